The van der Waals surface area contributed by atoms with Crippen molar-refractivity contribution in [3.8, 4) is 0 Å². The summed E-state index contributed by atoms with van der Waals surface area (Å²) in [5.74, 6) is -2.07. The van der Waals surface area contributed by atoms with Gasteiger partial charge in [0.1, 0.15) is 12.7 Å². The van der Waals surface area contributed by atoms with Crippen LogP contribution in [-0.2, 0) is 42.1 Å². The molecule has 0 aliphatic carbocycles. The molecular formula is C27H32IO11P. The molecule has 1 aliphatic heterocycles. The van der Waals surface area contributed by atoms with Crippen molar-refractivity contribution in [3.05, 3.63) is 69.3 Å². The van der Waals surface area contributed by atoms with Crippen molar-refractivity contribution in [1.82, 2.24) is 0 Å². The molecule has 40 heavy (non-hydrogen) atoms. The highest BCUT2D eigenvalue weighted by Crippen LogP contribution is 2.49. The zero-order chi connectivity index (χ0) is 29.3. The van der Waals surface area contributed by atoms with Gasteiger partial charge in [-0.1, -0.05) is 30.3 Å². The van der Waals surface area contributed by atoms with Crippen LogP contribution >= 0.6 is 30.2 Å². The van der Waals surface area contributed by atoms with Crippen LogP contribution in [0.1, 0.15) is 48.4 Å². The fourth-order valence-electron chi connectivity index (χ4n) is 3.99. The molecule has 0 amide bonds. The van der Waals surface area contributed by atoms with E-state index >= 15 is 0 Å². The minimum absolute atomic E-state index is 0.100. The van der Waals surface area contributed by atoms with Gasteiger partial charge in [0.05, 0.1) is 24.3 Å². The van der Waals surface area contributed by atoms with Gasteiger partial charge in [-0.2, -0.15) is 0 Å². The van der Waals surface area contributed by atoms with Gasteiger partial charge in [0.2, 0.25) is 0 Å². The monoisotopic (exact) mass is 690 g/mol. The number of carbonyl (C=O) groups excluding carboxylic acids is 3. The van der Waals surface area contributed by atoms with E-state index in [0.29, 0.717) is 9.13 Å². The Bertz CT molecular complexity index is 1210. The molecule has 0 radical (unpaired) electrons. The summed E-state index contributed by atoms with van der Waals surface area (Å²) in [6.07, 6.45) is -4.37. The van der Waals surface area contributed by atoms with E-state index in [4.69, 9.17) is 32.7 Å². The van der Waals surface area contributed by atoms with Gasteiger partial charge in [-0.05, 0) is 67.6 Å². The predicted molar refractivity (Wildman–Crippen MR) is 151 cm³/mol. The molecule has 0 bridgehead atoms. The maximum atomic E-state index is 13.1. The topological polar surface area (TPSA) is 133 Å². The maximum Gasteiger partial charge on any atom is 0.356 e. The third-order valence-electron chi connectivity index (χ3n) is 5.87. The zero-order valence-electron chi connectivity index (χ0n) is 22.6. The van der Waals surface area contributed by atoms with E-state index in [9.17, 15) is 18.9 Å². The van der Waals surface area contributed by atoms with E-state index < -0.39 is 56.0 Å². The van der Waals surface area contributed by atoms with Crippen molar-refractivity contribution in [2.24, 2.45) is 0 Å². The van der Waals surface area contributed by atoms with Gasteiger partial charge in [0, 0.05) is 10.5 Å². The summed E-state index contributed by atoms with van der Waals surface area (Å²) in [6, 6.07) is 15.0. The number of benzene rings is 2. The Labute approximate surface area is 246 Å². The first kappa shape index (κ1) is 32.2. The smallest absolute Gasteiger partial charge is 0.356 e. The Morgan fingerprint density at radius 1 is 0.975 bits per heavy atom. The van der Waals surface area contributed by atoms with Crippen molar-refractivity contribution in [3.63, 3.8) is 0 Å². The van der Waals surface area contributed by atoms with Crippen LogP contribution in [0.2, 0.25) is 0 Å². The van der Waals surface area contributed by atoms with Crippen LogP contribution in [0, 0.1) is 3.57 Å². The molecule has 1 saturated heterocycles. The standard InChI is InChI=1S/C27H32IO11P/c1-5-35-40(32,36-6-2)17-34-26-23(37-18(3)29)27(4,39-24(30)19-12-8-7-9-13-19)22(38-26)16-33-25(31)20-14-10-11-15-21(20)28/h7-15,22-23,26H,5-6,16-17H2,1-4H3/t22-,23?,26-,27?/m0/s1. The molecule has 11 nitrogen and oxygen atoms in total. The Morgan fingerprint density at radius 3 is 2.20 bits per heavy atom. The van der Waals surface area contributed by atoms with E-state index in [1.54, 1.807) is 68.4 Å². The van der Waals surface area contributed by atoms with Crippen molar-refractivity contribution in [2.75, 3.05) is 26.2 Å². The van der Waals surface area contributed by atoms with Crippen LogP contribution in [0.15, 0.2) is 54.6 Å². The normalized spacial score (nSPS) is 22.5. The molecule has 2 unspecified atom stereocenters. The average molecular weight is 690 g/mol. The van der Waals surface area contributed by atoms with E-state index in [1.807, 2.05) is 22.6 Å². The summed E-state index contributed by atoms with van der Waals surface area (Å²) in [5, 5.41) is 0. The number of ether oxygens (including phenoxy) is 5. The Morgan fingerprint density at radius 2 is 1.60 bits per heavy atom. The molecule has 13 heteroatoms. The number of esters is 3. The van der Waals surface area contributed by atoms with Gasteiger partial charge < -0.3 is 32.7 Å². The van der Waals surface area contributed by atoms with Crippen LogP contribution in [-0.4, -0.2) is 68.2 Å². The van der Waals surface area contributed by atoms with Crippen LogP contribution in [0.3, 0.4) is 0 Å². The lowest BCUT2D eigenvalue weighted by atomic mass is 9.94. The predicted octanol–water partition coefficient (Wildman–Crippen LogP) is 4.96. The summed E-state index contributed by atoms with van der Waals surface area (Å²) in [4.78, 5) is 38.1. The molecule has 0 spiro atoms. The van der Waals surface area contributed by atoms with E-state index in [0.717, 1.165) is 0 Å². The van der Waals surface area contributed by atoms with Gasteiger partial charge in [-0.25, -0.2) is 9.59 Å². The molecule has 2 aromatic rings. The van der Waals surface area contributed by atoms with Crippen LogP contribution in [0.25, 0.3) is 0 Å². The Kier molecular flexibility index (Phi) is 11.7. The molecule has 4 atom stereocenters. The third kappa shape index (κ3) is 8.11. The molecule has 0 N–H and O–H groups in total. The van der Waals surface area contributed by atoms with Gasteiger partial charge in [0.15, 0.2) is 24.3 Å². The Hall–Kier alpha value is -2.35. The average Bonchev–Trinajstić information content (AvgIpc) is 3.16. The number of rotatable bonds is 13. The summed E-state index contributed by atoms with van der Waals surface area (Å²) in [7, 11) is -3.68. The van der Waals surface area contributed by atoms with Crippen molar-refractivity contribution < 1.29 is 51.7 Å². The fraction of sp³-hybridized carbons (Fsp3) is 0.444. The largest absolute Gasteiger partial charge is 0.459 e. The molecule has 1 fully saturated rings. The summed E-state index contributed by atoms with van der Waals surface area (Å²) < 4.78 is 53.0. The van der Waals surface area contributed by atoms with E-state index in [1.165, 1.54) is 13.8 Å². The SMILES string of the molecule is CCOP(=O)(CO[C@H]1O[C@@H](COC(=O)c2ccccc2I)C(C)(OC(=O)c2ccccc2)C1OC(C)=O)OCC. The summed E-state index contributed by atoms with van der Waals surface area (Å²) in [5.41, 5.74) is -1.11. The van der Waals surface area contributed by atoms with Crippen LogP contribution < -0.4 is 0 Å². The maximum absolute atomic E-state index is 13.1. The highest BCUT2D eigenvalue weighted by Gasteiger charge is 2.60. The highest BCUT2D eigenvalue weighted by atomic mass is 127. The molecule has 218 valence electrons. The fourth-order valence-corrected chi connectivity index (χ4v) is 5.93. The molecule has 0 saturated carbocycles. The molecule has 0 aromatic heterocycles. The molecule has 2 aromatic carbocycles. The second-order valence-corrected chi connectivity index (χ2v) is 11.9. The third-order valence-corrected chi connectivity index (χ3v) is 8.58. The summed E-state index contributed by atoms with van der Waals surface area (Å²) in [6.45, 7) is 5.78. The number of halogens is 1. The van der Waals surface area contributed by atoms with Gasteiger partial charge in [-0.15, -0.1) is 0 Å². The number of hydrogen-bond donors (Lipinski definition) is 0. The van der Waals surface area contributed by atoms with Gasteiger partial charge >= 0.3 is 25.5 Å². The number of carbonyl (C=O) groups is 3. The molecule has 1 heterocycles. The lowest BCUT2D eigenvalue weighted by molar-refractivity contribution is -0.185. The van der Waals surface area contributed by atoms with Gasteiger partial charge in [-0.3, -0.25) is 9.36 Å². The zero-order valence-corrected chi connectivity index (χ0v) is 25.6. The minimum Gasteiger partial charge on any atom is -0.459 e. The molecule has 1 aliphatic rings. The summed E-state index contributed by atoms with van der Waals surface area (Å²) >= 11 is 2.02. The number of hydrogen-bond acceptors (Lipinski definition) is 11. The first-order valence-corrected chi connectivity index (χ1v) is 15.4. The molecular weight excluding hydrogens is 658 g/mol. The lowest BCUT2D eigenvalue weighted by Gasteiger charge is -2.33. The molecule has 3 rings (SSSR count). The second-order valence-electron chi connectivity index (χ2n) is 8.78. The lowest BCUT2D eigenvalue weighted by Crippen LogP contribution is -2.52. The van der Waals surface area contributed by atoms with Gasteiger partial charge in [0.25, 0.3) is 0 Å². The van der Waals surface area contributed by atoms with Crippen LogP contribution in [0.5, 0.6) is 0 Å². The Balaban J connectivity index is 1.91. The van der Waals surface area contributed by atoms with Crippen molar-refractivity contribution >= 4 is 48.1 Å². The van der Waals surface area contributed by atoms with Crippen molar-refractivity contribution in [1.29, 1.82) is 0 Å². The second kappa shape index (κ2) is 14.5. The highest BCUT2D eigenvalue weighted by molar-refractivity contribution is 14.1. The van der Waals surface area contributed by atoms with Crippen LogP contribution in [0.4, 0.5) is 0 Å². The first-order chi connectivity index (χ1) is 19.0. The minimum atomic E-state index is -3.68. The quantitative estimate of drug-likeness (QED) is 0.122. The van der Waals surface area contributed by atoms with E-state index in [2.05, 4.69) is 0 Å². The van der Waals surface area contributed by atoms with E-state index in [-0.39, 0.29) is 25.4 Å². The first-order valence-electron chi connectivity index (χ1n) is 12.6. The van der Waals surface area contributed by atoms with Crippen molar-refractivity contribution in [2.45, 2.75) is 51.8 Å².